The highest BCUT2D eigenvalue weighted by atomic mass is 32.2. The van der Waals surface area contributed by atoms with Crippen LogP contribution in [0, 0.1) is 0 Å². The van der Waals surface area contributed by atoms with Crippen LogP contribution in [0.5, 0.6) is 0 Å². The lowest BCUT2D eigenvalue weighted by Gasteiger charge is -2.33. The number of hydrogen-bond acceptors (Lipinski definition) is 6. The van der Waals surface area contributed by atoms with Crippen LogP contribution >= 0.6 is 0 Å². The lowest BCUT2D eigenvalue weighted by Crippen LogP contribution is -2.49. The molecule has 2 fully saturated rings. The van der Waals surface area contributed by atoms with Gasteiger partial charge in [-0.1, -0.05) is 0 Å². The van der Waals surface area contributed by atoms with Crippen LogP contribution in [0.15, 0.2) is 21.8 Å². The summed E-state index contributed by atoms with van der Waals surface area (Å²) in [5.41, 5.74) is 0.832. The molecule has 0 aromatic carbocycles. The topological polar surface area (TPSA) is 86.2 Å². The Morgan fingerprint density at radius 3 is 2.90 bits per heavy atom. The van der Waals surface area contributed by atoms with Crippen molar-refractivity contribution in [3.63, 3.8) is 0 Å². The maximum absolute atomic E-state index is 11.6. The van der Waals surface area contributed by atoms with Crippen LogP contribution in [0.25, 0.3) is 0 Å². The van der Waals surface area contributed by atoms with Gasteiger partial charge in [-0.15, -0.1) is 0 Å². The SMILES string of the molecule is C=N/C(=C\C=N/CNS(=O)(=O)C1CC1)C1CNCCN1C. The van der Waals surface area contributed by atoms with Gasteiger partial charge >= 0.3 is 0 Å². The second kappa shape index (κ2) is 7.26. The van der Waals surface area contributed by atoms with Crippen molar-refractivity contribution in [2.24, 2.45) is 9.98 Å². The van der Waals surface area contributed by atoms with Gasteiger partial charge in [0.15, 0.2) is 0 Å². The Hall–Kier alpha value is -1.09. The second-order valence-electron chi connectivity index (χ2n) is 5.33. The van der Waals surface area contributed by atoms with Gasteiger partial charge in [0.05, 0.1) is 17.0 Å². The molecule has 2 N–H and O–H groups in total. The van der Waals surface area contributed by atoms with E-state index in [1.807, 2.05) is 7.05 Å². The fraction of sp³-hybridized carbons (Fsp3) is 0.692. The molecule has 0 bridgehead atoms. The standard InChI is InChI=1S/C13H23N5O2S/c1-14-12(13-9-15-7-8-18(13)2)5-6-16-10-17-21(19,20)11-3-4-11/h5-6,11,13,15,17H,1,3-4,7-10H2,2H3/b12-5-,16-6-. The molecule has 2 rings (SSSR count). The lowest BCUT2D eigenvalue weighted by atomic mass is 10.1. The molecule has 1 heterocycles. The van der Waals surface area contributed by atoms with Crippen LogP contribution in [0.2, 0.25) is 0 Å². The van der Waals surface area contributed by atoms with Crippen molar-refractivity contribution in [1.82, 2.24) is 14.9 Å². The maximum Gasteiger partial charge on any atom is 0.216 e. The summed E-state index contributed by atoms with van der Waals surface area (Å²) in [5.74, 6) is 0. The first-order chi connectivity index (χ1) is 10.0. The molecule has 1 saturated carbocycles. The highest BCUT2D eigenvalue weighted by Gasteiger charge is 2.35. The predicted octanol–water partition coefficient (Wildman–Crippen LogP) is -0.415. The maximum atomic E-state index is 11.6. The van der Waals surface area contributed by atoms with Crippen molar-refractivity contribution in [2.45, 2.75) is 24.1 Å². The van der Waals surface area contributed by atoms with Gasteiger partial charge in [-0.2, -0.15) is 4.72 Å². The van der Waals surface area contributed by atoms with Crippen LogP contribution in [0.4, 0.5) is 0 Å². The van der Waals surface area contributed by atoms with Crippen LogP contribution in [0.3, 0.4) is 0 Å². The predicted molar refractivity (Wildman–Crippen MR) is 85.4 cm³/mol. The minimum Gasteiger partial charge on any atom is -0.313 e. The summed E-state index contributed by atoms with van der Waals surface area (Å²) in [6.45, 7) is 6.41. The number of nitrogens with one attached hydrogen (secondary N) is 2. The van der Waals surface area contributed by atoms with Crippen molar-refractivity contribution in [3.8, 4) is 0 Å². The van der Waals surface area contributed by atoms with Gasteiger partial charge in [0.2, 0.25) is 10.0 Å². The van der Waals surface area contributed by atoms with Gasteiger partial charge in [0, 0.05) is 25.8 Å². The van der Waals surface area contributed by atoms with Gasteiger partial charge in [-0.05, 0) is 32.7 Å². The van der Waals surface area contributed by atoms with Crippen molar-refractivity contribution < 1.29 is 8.42 Å². The average Bonchev–Trinajstić information content (AvgIpc) is 3.29. The number of nitrogens with zero attached hydrogens (tertiary/aromatic N) is 3. The van der Waals surface area contributed by atoms with Crippen LogP contribution in [0.1, 0.15) is 12.8 Å². The molecule has 21 heavy (non-hydrogen) atoms. The Kier molecular flexibility index (Phi) is 5.63. The van der Waals surface area contributed by atoms with Gasteiger partial charge in [-0.3, -0.25) is 14.9 Å². The number of likely N-dealkylation sites (N-methyl/N-ethyl adjacent to an activating group) is 1. The zero-order valence-electron chi connectivity index (χ0n) is 12.3. The first-order valence-electron chi connectivity index (χ1n) is 7.11. The molecule has 118 valence electrons. The number of piperazine rings is 1. The number of sulfonamides is 1. The van der Waals surface area contributed by atoms with Crippen molar-refractivity contribution in [3.05, 3.63) is 11.8 Å². The summed E-state index contributed by atoms with van der Waals surface area (Å²) < 4.78 is 25.7. The number of hydrogen-bond donors (Lipinski definition) is 2. The van der Waals surface area contributed by atoms with Gasteiger partial charge < -0.3 is 5.32 Å². The lowest BCUT2D eigenvalue weighted by molar-refractivity contribution is 0.226. The molecule has 1 saturated heterocycles. The van der Waals surface area contributed by atoms with Crippen molar-refractivity contribution in [1.29, 1.82) is 0 Å². The normalized spacial score (nSPS) is 25.4. The minimum absolute atomic E-state index is 0.0680. The molecule has 0 aromatic rings. The van der Waals surface area contributed by atoms with Crippen LogP contribution in [-0.4, -0.2) is 70.9 Å². The van der Waals surface area contributed by atoms with Gasteiger partial charge in [-0.25, -0.2) is 8.42 Å². The first-order valence-corrected chi connectivity index (χ1v) is 8.65. The number of allylic oxidation sites excluding steroid dienone is 1. The van der Waals surface area contributed by atoms with E-state index < -0.39 is 10.0 Å². The summed E-state index contributed by atoms with van der Waals surface area (Å²) in [7, 11) is -1.11. The zero-order valence-corrected chi connectivity index (χ0v) is 13.1. The van der Waals surface area contributed by atoms with E-state index in [2.05, 4.69) is 31.6 Å². The molecular formula is C13H23N5O2S. The molecule has 0 amide bonds. The highest BCUT2D eigenvalue weighted by Crippen LogP contribution is 2.27. The van der Waals surface area contributed by atoms with Crippen LogP contribution < -0.4 is 10.0 Å². The molecule has 0 radical (unpaired) electrons. The molecule has 7 nitrogen and oxygen atoms in total. The van der Waals surface area contributed by atoms with E-state index >= 15 is 0 Å². The van der Waals surface area contributed by atoms with Crippen LogP contribution in [-0.2, 0) is 10.0 Å². The van der Waals surface area contributed by atoms with E-state index in [-0.39, 0.29) is 18.0 Å². The first kappa shape index (κ1) is 16.3. The van der Waals surface area contributed by atoms with E-state index in [1.165, 1.54) is 0 Å². The molecule has 1 unspecified atom stereocenters. The number of rotatable bonds is 7. The summed E-state index contributed by atoms with van der Waals surface area (Å²) in [6.07, 6.45) is 4.88. The summed E-state index contributed by atoms with van der Waals surface area (Å²) in [6, 6.07) is 0.172. The molecule has 1 aliphatic carbocycles. The second-order valence-corrected chi connectivity index (χ2v) is 7.37. The Morgan fingerprint density at radius 2 is 2.29 bits per heavy atom. The molecule has 0 aromatic heterocycles. The molecule has 1 atom stereocenters. The summed E-state index contributed by atoms with van der Waals surface area (Å²) >= 11 is 0. The third-order valence-corrected chi connectivity index (χ3v) is 5.59. The van der Waals surface area contributed by atoms with E-state index in [1.54, 1.807) is 12.3 Å². The third kappa shape index (κ3) is 4.70. The quantitative estimate of drug-likeness (QED) is 0.625. The molecular weight excluding hydrogens is 290 g/mol. The smallest absolute Gasteiger partial charge is 0.216 e. The van der Waals surface area contributed by atoms with E-state index in [9.17, 15) is 8.42 Å². The summed E-state index contributed by atoms with van der Waals surface area (Å²) in [4.78, 5) is 10.3. The average molecular weight is 313 g/mol. The van der Waals surface area contributed by atoms with Gasteiger partial charge in [0.1, 0.15) is 6.67 Å². The zero-order chi connectivity index (χ0) is 15.3. The molecule has 1 aliphatic heterocycles. The van der Waals surface area contributed by atoms with E-state index in [0.717, 1.165) is 38.2 Å². The monoisotopic (exact) mass is 313 g/mol. The fourth-order valence-electron chi connectivity index (χ4n) is 2.21. The van der Waals surface area contributed by atoms with Crippen molar-refractivity contribution in [2.75, 3.05) is 33.4 Å². The minimum atomic E-state index is -3.16. The largest absolute Gasteiger partial charge is 0.313 e. The number of aliphatic imine (C=N–C) groups is 2. The molecule has 0 spiro atoms. The third-order valence-electron chi connectivity index (χ3n) is 3.71. The summed E-state index contributed by atoms with van der Waals surface area (Å²) in [5, 5.41) is 3.10. The Balaban J connectivity index is 1.85. The van der Waals surface area contributed by atoms with Gasteiger partial charge in [0.25, 0.3) is 0 Å². The fourth-order valence-corrected chi connectivity index (χ4v) is 3.46. The van der Waals surface area contributed by atoms with E-state index in [4.69, 9.17) is 0 Å². The Morgan fingerprint density at radius 1 is 1.52 bits per heavy atom. The Labute approximate surface area is 126 Å². The van der Waals surface area contributed by atoms with E-state index in [0.29, 0.717) is 0 Å². The molecule has 2 aliphatic rings. The highest BCUT2D eigenvalue weighted by molar-refractivity contribution is 7.90. The molecule has 8 heteroatoms. The van der Waals surface area contributed by atoms with Crippen molar-refractivity contribution >= 4 is 23.0 Å². The Bertz CT molecular complexity index is 525.